The maximum Gasteiger partial charge on any atom is 0.210 e. The number of nitrogens with zero attached hydrogens (tertiary/aromatic N) is 2. The molecule has 0 saturated carbocycles. The van der Waals surface area contributed by atoms with E-state index in [-0.39, 0.29) is 5.75 Å². The zero-order valence-electron chi connectivity index (χ0n) is 13.7. The number of aromatic hydroxyl groups is 1. The van der Waals surface area contributed by atoms with Gasteiger partial charge in [-0.25, -0.2) is 9.98 Å². The topological polar surface area (TPSA) is 73.2 Å². The zero-order chi connectivity index (χ0) is 18.0. The highest BCUT2D eigenvalue weighted by molar-refractivity contribution is 9.10. The van der Waals surface area contributed by atoms with Crippen molar-refractivity contribution in [1.29, 1.82) is 0 Å². The maximum atomic E-state index is 9.89. The molecule has 0 fully saturated rings. The predicted octanol–water partition coefficient (Wildman–Crippen LogP) is 4.54. The van der Waals surface area contributed by atoms with E-state index in [9.17, 15) is 5.11 Å². The fraction of sp³-hybridized carbons (Fsp3) is 0.176. The predicted molar refractivity (Wildman–Crippen MR) is 102 cm³/mol. The quantitative estimate of drug-likeness (QED) is 0.610. The lowest BCUT2D eigenvalue weighted by Gasteiger charge is -2.11. The van der Waals surface area contributed by atoms with Gasteiger partial charge in [0, 0.05) is 22.3 Å². The number of halogens is 1. The summed E-state index contributed by atoms with van der Waals surface area (Å²) in [5, 5.41) is 10.4. The van der Waals surface area contributed by atoms with Crippen LogP contribution in [-0.4, -0.2) is 37.6 Å². The third-order valence-electron chi connectivity index (χ3n) is 3.48. The van der Waals surface area contributed by atoms with E-state index in [0.717, 1.165) is 9.17 Å². The van der Waals surface area contributed by atoms with Gasteiger partial charge in [-0.15, -0.1) is 0 Å². The number of phenols is 1. The molecular weight excluding hydrogens is 408 g/mol. The molecule has 3 aromatic rings. The molecule has 0 bridgehead atoms. The monoisotopic (exact) mass is 422 g/mol. The van der Waals surface area contributed by atoms with Gasteiger partial charge in [-0.05, 0) is 18.2 Å². The molecule has 1 N–H and O–H groups in total. The number of hydrogen-bond donors (Lipinski definition) is 1. The molecular formula is C17H15BrN2O4S. The van der Waals surface area contributed by atoms with Gasteiger partial charge in [-0.1, -0.05) is 27.3 Å². The Morgan fingerprint density at radius 2 is 1.88 bits per heavy atom. The van der Waals surface area contributed by atoms with Gasteiger partial charge in [0.1, 0.15) is 10.4 Å². The van der Waals surface area contributed by atoms with Crippen LogP contribution < -0.4 is 14.2 Å². The van der Waals surface area contributed by atoms with Gasteiger partial charge >= 0.3 is 0 Å². The van der Waals surface area contributed by atoms with Crippen molar-refractivity contribution in [3.8, 4) is 23.0 Å². The number of benzene rings is 2. The fourth-order valence-electron chi connectivity index (χ4n) is 2.32. The molecule has 25 heavy (non-hydrogen) atoms. The van der Waals surface area contributed by atoms with Gasteiger partial charge < -0.3 is 19.3 Å². The number of aromatic nitrogens is 1. The van der Waals surface area contributed by atoms with E-state index in [1.165, 1.54) is 11.3 Å². The number of methoxy groups -OCH3 is 3. The van der Waals surface area contributed by atoms with Gasteiger partial charge in [0.25, 0.3) is 0 Å². The van der Waals surface area contributed by atoms with E-state index in [0.29, 0.717) is 33.5 Å². The average molecular weight is 423 g/mol. The number of rotatable bonds is 5. The van der Waals surface area contributed by atoms with Crippen LogP contribution >= 0.6 is 27.3 Å². The van der Waals surface area contributed by atoms with E-state index < -0.39 is 0 Å². The molecule has 0 spiro atoms. The lowest BCUT2D eigenvalue weighted by atomic mass is 10.2. The van der Waals surface area contributed by atoms with E-state index >= 15 is 0 Å². The molecule has 0 unspecified atom stereocenters. The highest BCUT2D eigenvalue weighted by Crippen LogP contribution is 2.46. The molecule has 1 aromatic heterocycles. The minimum Gasteiger partial charge on any atom is -0.507 e. The largest absolute Gasteiger partial charge is 0.507 e. The molecule has 0 saturated heterocycles. The first-order valence-corrected chi connectivity index (χ1v) is 8.80. The Labute approximate surface area is 156 Å². The second-order valence-electron chi connectivity index (χ2n) is 4.95. The second kappa shape index (κ2) is 7.28. The summed E-state index contributed by atoms with van der Waals surface area (Å²) in [6.07, 6.45) is 1.57. The van der Waals surface area contributed by atoms with E-state index in [1.807, 2.05) is 0 Å². The molecule has 0 aliphatic carbocycles. The molecule has 6 nitrogen and oxygen atoms in total. The Morgan fingerprint density at radius 1 is 1.12 bits per heavy atom. The Balaban J connectivity index is 2.06. The molecule has 3 rings (SSSR count). The third-order valence-corrected chi connectivity index (χ3v) is 4.95. The van der Waals surface area contributed by atoms with Crippen LogP contribution in [0.1, 0.15) is 5.56 Å². The Bertz CT molecular complexity index is 955. The Kier molecular flexibility index (Phi) is 5.10. The molecule has 130 valence electrons. The maximum absolute atomic E-state index is 9.89. The number of phenolic OH excluding ortho intramolecular Hbond substituents is 1. The van der Waals surface area contributed by atoms with E-state index in [4.69, 9.17) is 14.2 Å². The van der Waals surface area contributed by atoms with E-state index in [1.54, 1.807) is 51.8 Å². The number of fused-ring (bicyclic) bond motifs is 1. The summed E-state index contributed by atoms with van der Waals surface area (Å²) >= 11 is 4.73. The Morgan fingerprint density at radius 3 is 2.56 bits per heavy atom. The lowest BCUT2D eigenvalue weighted by molar-refractivity contribution is 0.327. The van der Waals surface area contributed by atoms with Gasteiger partial charge in [-0.2, -0.15) is 0 Å². The lowest BCUT2D eigenvalue weighted by Crippen LogP contribution is -1.94. The highest BCUT2D eigenvalue weighted by Gasteiger charge is 2.19. The highest BCUT2D eigenvalue weighted by atomic mass is 79.9. The smallest absolute Gasteiger partial charge is 0.210 e. The van der Waals surface area contributed by atoms with Crippen LogP contribution in [0.4, 0.5) is 5.13 Å². The van der Waals surface area contributed by atoms with Gasteiger partial charge in [0.15, 0.2) is 11.5 Å². The number of ether oxygens (including phenoxy) is 3. The summed E-state index contributed by atoms with van der Waals surface area (Å²) in [6, 6.07) is 6.91. The van der Waals surface area contributed by atoms with Crippen molar-refractivity contribution < 1.29 is 19.3 Å². The number of hydrogen-bond acceptors (Lipinski definition) is 7. The minimum atomic E-state index is 0.147. The van der Waals surface area contributed by atoms with Crippen LogP contribution in [0.2, 0.25) is 0 Å². The van der Waals surface area contributed by atoms with Crippen molar-refractivity contribution in [2.75, 3.05) is 21.3 Å². The Hall–Kier alpha value is -2.32. The number of aliphatic imine (C=N–C) groups is 1. The van der Waals surface area contributed by atoms with Crippen molar-refractivity contribution >= 4 is 48.8 Å². The molecule has 2 aromatic carbocycles. The molecule has 0 aliphatic rings. The summed E-state index contributed by atoms with van der Waals surface area (Å²) in [5.74, 6) is 1.76. The summed E-state index contributed by atoms with van der Waals surface area (Å²) in [5.41, 5.74) is 1.29. The summed E-state index contributed by atoms with van der Waals surface area (Å²) in [6.45, 7) is 0. The minimum absolute atomic E-state index is 0.147. The van der Waals surface area contributed by atoms with Crippen molar-refractivity contribution in [3.05, 3.63) is 34.3 Å². The van der Waals surface area contributed by atoms with Crippen molar-refractivity contribution in [2.45, 2.75) is 0 Å². The third kappa shape index (κ3) is 3.40. The van der Waals surface area contributed by atoms with Gasteiger partial charge in [-0.3, -0.25) is 0 Å². The first-order chi connectivity index (χ1) is 12.1. The zero-order valence-corrected chi connectivity index (χ0v) is 16.1. The standard InChI is InChI=1S/C17H15BrN2O4S/c1-22-13-7-11-16(15(24-3)14(13)23-2)25-17(20-11)19-8-9-6-10(18)4-5-12(9)21/h4-8,21H,1-3H3/b19-8+. The van der Waals surface area contributed by atoms with Crippen molar-refractivity contribution in [3.63, 3.8) is 0 Å². The van der Waals surface area contributed by atoms with Gasteiger partial charge in [0.2, 0.25) is 10.9 Å². The van der Waals surface area contributed by atoms with Gasteiger partial charge in [0.05, 0.1) is 26.8 Å². The van der Waals surface area contributed by atoms with E-state index in [2.05, 4.69) is 25.9 Å². The molecule has 0 radical (unpaired) electrons. The normalized spacial score (nSPS) is 11.2. The first-order valence-electron chi connectivity index (χ1n) is 7.19. The molecule has 0 aliphatic heterocycles. The summed E-state index contributed by atoms with van der Waals surface area (Å²) < 4.78 is 17.9. The van der Waals surface area contributed by atoms with Crippen LogP contribution in [0.25, 0.3) is 10.2 Å². The van der Waals surface area contributed by atoms with Crippen molar-refractivity contribution in [1.82, 2.24) is 4.98 Å². The van der Waals surface area contributed by atoms with Crippen LogP contribution in [-0.2, 0) is 0 Å². The second-order valence-corrected chi connectivity index (χ2v) is 6.84. The average Bonchev–Trinajstić information content (AvgIpc) is 3.03. The SMILES string of the molecule is COc1cc2nc(/N=C/c3cc(Br)ccc3O)sc2c(OC)c1OC. The molecule has 0 amide bonds. The van der Waals surface area contributed by atoms with Crippen LogP contribution in [0.15, 0.2) is 33.7 Å². The van der Waals surface area contributed by atoms with Crippen LogP contribution in [0.5, 0.6) is 23.0 Å². The number of thiazole rings is 1. The fourth-order valence-corrected chi connectivity index (χ4v) is 3.61. The molecule has 0 atom stereocenters. The van der Waals surface area contributed by atoms with Crippen LogP contribution in [0, 0.1) is 0 Å². The van der Waals surface area contributed by atoms with Crippen molar-refractivity contribution in [2.24, 2.45) is 4.99 Å². The summed E-state index contributed by atoms with van der Waals surface area (Å²) in [4.78, 5) is 8.85. The molecule has 1 heterocycles. The molecule has 8 heteroatoms. The summed E-state index contributed by atoms with van der Waals surface area (Å²) in [7, 11) is 4.69. The van der Waals surface area contributed by atoms with Crippen LogP contribution in [0.3, 0.4) is 0 Å². The first kappa shape index (κ1) is 17.5.